The number of rotatable bonds is 1. The third-order valence-corrected chi connectivity index (χ3v) is 4.23. The molecule has 1 aromatic heterocycles. The number of carbonyl (C=O) groups is 2. The van der Waals surface area contributed by atoms with Crippen LogP contribution in [0.15, 0.2) is 48.5 Å². The van der Waals surface area contributed by atoms with Crippen molar-refractivity contribution < 1.29 is 9.59 Å². The first-order valence-corrected chi connectivity index (χ1v) is 7.49. The second kappa shape index (κ2) is 4.89. The van der Waals surface area contributed by atoms with Crippen LogP contribution in [0.25, 0.3) is 16.9 Å². The van der Waals surface area contributed by atoms with E-state index in [2.05, 4.69) is 4.98 Å². The Bertz CT molecular complexity index is 971. The molecule has 5 heteroatoms. The lowest BCUT2D eigenvalue weighted by Gasteiger charge is -2.17. The average Bonchev–Trinajstić information content (AvgIpc) is 2.91. The summed E-state index contributed by atoms with van der Waals surface area (Å²) in [6, 6.07) is 14.4. The molecule has 0 radical (unpaired) electrons. The van der Waals surface area contributed by atoms with Gasteiger partial charge in [0, 0.05) is 21.8 Å². The molecule has 0 atom stereocenters. The normalized spacial score (nSPS) is 13.0. The van der Waals surface area contributed by atoms with E-state index in [0.717, 1.165) is 11.3 Å². The van der Waals surface area contributed by atoms with Crippen molar-refractivity contribution in [1.82, 2.24) is 9.55 Å². The van der Waals surface area contributed by atoms with Crippen LogP contribution in [-0.2, 0) is 0 Å². The minimum atomic E-state index is -0.561. The second-order valence-electron chi connectivity index (χ2n) is 5.37. The number of fused-ring (bicyclic) bond motifs is 3. The topological polar surface area (TPSA) is 52.0 Å². The lowest BCUT2D eigenvalue weighted by Crippen LogP contribution is -2.22. The number of halogens is 1. The van der Waals surface area contributed by atoms with Crippen LogP contribution in [0.5, 0.6) is 0 Å². The monoisotopic (exact) mass is 322 g/mol. The molecular formula is C18H11ClN2O2. The molecule has 0 amide bonds. The molecule has 0 N–H and O–H groups in total. The van der Waals surface area contributed by atoms with Crippen LogP contribution in [-0.4, -0.2) is 21.1 Å². The largest absolute Gasteiger partial charge is 0.296 e. The number of imidazole rings is 1. The molecule has 0 aliphatic heterocycles. The molecule has 0 saturated heterocycles. The Balaban J connectivity index is 2.07. The fourth-order valence-electron chi connectivity index (χ4n) is 2.96. The van der Waals surface area contributed by atoms with E-state index in [1.165, 1.54) is 0 Å². The molecule has 2 aromatic carbocycles. The number of benzene rings is 2. The smallest absolute Gasteiger partial charge is 0.254 e. The molecule has 0 bridgehead atoms. The molecule has 112 valence electrons. The molecule has 1 aliphatic carbocycles. The molecule has 23 heavy (non-hydrogen) atoms. The Kier molecular flexibility index (Phi) is 2.96. The van der Waals surface area contributed by atoms with Gasteiger partial charge in [0.15, 0.2) is 0 Å². The van der Waals surface area contributed by atoms with Gasteiger partial charge in [-0.1, -0.05) is 35.9 Å². The van der Waals surface area contributed by atoms with Crippen LogP contribution >= 0.6 is 11.6 Å². The molecule has 0 fully saturated rings. The van der Waals surface area contributed by atoms with E-state index in [-0.39, 0.29) is 5.69 Å². The van der Waals surface area contributed by atoms with E-state index in [9.17, 15) is 9.59 Å². The van der Waals surface area contributed by atoms with Crippen molar-refractivity contribution in [3.8, 4) is 16.9 Å². The number of hydrogen-bond donors (Lipinski definition) is 0. The minimum absolute atomic E-state index is 0.209. The number of hydrogen-bond acceptors (Lipinski definition) is 3. The summed E-state index contributed by atoms with van der Waals surface area (Å²) in [4.78, 5) is 29.0. The number of ketones is 2. The Morgan fingerprint density at radius 1 is 0.913 bits per heavy atom. The highest BCUT2D eigenvalue weighted by Crippen LogP contribution is 2.35. The molecule has 1 heterocycles. The zero-order chi connectivity index (χ0) is 16.1. The number of aromatic nitrogens is 2. The average molecular weight is 323 g/mol. The predicted molar refractivity (Wildman–Crippen MR) is 87.4 cm³/mol. The van der Waals surface area contributed by atoms with Gasteiger partial charge in [0.2, 0.25) is 5.78 Å². The molecule has 0 saturated carbocycles. The van der Waals surface area contributed by atoms with Gasteiger partial charge in [-0.05, 0) is 31.2 Å². The number of Topliss-reactive ketones (excluding diaryl/α,β-unsaturated/α-hetero) is 2. The van der Waals surface area contributed by atoms with E-state index in [4.69, 9.17) is 11.6 Å². The molecule has 1 aliphatic rings. The second-order valence-corrected chi connectivity index (χ2v) is 5.81. The van der Waals surface area contributed by atoms with E-state index >= 15 is 0 Å². The van der Waals surface area contributed by atoms with Crippen LogP contribution in [0.1, 0.15) is 26.7 Å². The summed E-state index contributed by atoms with van der Waals surface area (Å²) in [6.07, 6.45) is 0. The standard InChI is InChI=1S/C18H11ClN2O2/c1-10-20-15-16(21(10)12-8-6-11(19)7-9-12)13-4-2-3-5-14(13)17(22)18(15)23/h2-9H,1H3. The van der Waals surface area contributed by atoms with Gasteiger partial charge in [-0.15, -0.1) is 0 Å². The Hall–Kier alpha value is -2.72. The lowest BCUT2D eigenvalue weighted by atomic mass is 9.90. The van der Waals surface area contributed by atoms with E-state index in [1.54, 1.807) is 24.3 Å². The van der Waals surface area contributed by atoms with E-state index in [0.29, 0.717) is 22.1 Å². The third-order valence-electron chi connectivity index (χ3n) is 3.98. The number of aryl methyl sites for hydroxylation is 1. The molecule has 0 spiro atoms. The summed E-state index contributed by atoms with van der Waals surface area (Å²) >= 11 is 5.96. The highest BCUT2D eigenvalue weighted by atomic mass is 35.5. The Morgan fingerprint density at radius 2 is 1.57 bits per heavy atom. The van der Waals surface area contributed by atoms with Gasteiger partial charge in [0.05, 0.1) is 5.69 Å². The van der Waals surface area contributed by atoms with Crippen molar-refractivity contribution >= 4 is 23.2 Å². The van der Waals surface area contributed by atoms with Gasteiger partial charge in [-0.25, -0.2) is 4.98 Å². The highest BCUT2D eigenvalue weighted by molar-refractivity contribution is 6.52. The van der Waals surface area contributed by atoms with E-state index in [1.807, 2.05) is 35.8 Å². The van der Waals surface area contributed by atoms with Crippen LogP contribution in [0, 0.1) is 6.92 Å². The zero-order valence-corrected chi connectivity index (χ0v) is 13.0. The quantitative estimate of drug-likeness (QED) is 0.639. The third kappa shape index (κ3) is 1.95. The van der Waals surface area contributed by atoms with Gasteiger partial charge in [0.25, 0.3) is 5.78 Å². The van der Waals surface area contributed by atoms with Crippen molar-refractivity contribution in [2.75, 3.05) is 0 Å². The van der Waals surface area contributed by atoms with Crippen LogP contribution in [0.3, 0.4) is 0 Å². The first-order valence-electron chi connectivity index (χ1n) is 7.11. The van der Waals surface area contributed by atoms with Gasteiger partial charge in [-0.2, -0.15) is 0 Å². The van der Waals surface area contributed by atoms with Crippen LogP contribution in [0.2, 0.25) is 5.02 Å². The zero-order valence-electron chi connectivity index (χ0n) is 12.2. The maximum atomic E-state index is 12.4. The molecule has 4 rings (SSSR count). The van der Waals surface area contributed by atoms with E-state index < -0.39 is 11.6 Å². The van der Waals surface area contributed by atoms with Crippen molar-refractivity contribution in [3.05, 3.63) is 70.6 Å². The fourth-order valence-corrected chi connectivity index (χ4v) is 3.09. The number of carbonyl (C=O) groups excluding carboxylic acids is 2. The molecule has 0 unspecified atom stereocenters. The Morgan fingerprint density at radius 3 is 2.26 bits per heavy atom. The fraction of sp³-hybridized carbons (Fsp3) is 0.0556. The van der Waals surface area contributed by atoms with Crippen molar-refractivity contribution in [1.29, 1.82) is 0 Å². The summed E-state index contributed by atoms with van der Waals surface area (Å²) in [6.45, 7) is 1.81. The molecule has 3 aromatic rings. The van der Waals surface area contributed by atoms with Crippen LogP contribution in [0.4, 0.5) is 0 Å². The molecule has 4 nitrogen and oxygen atoms in total. The lowest BCUT2D eigenvalue weighted by molar-refractivity contribution is 0.0812. The van der Waals surface area contributed by atoms with Gasteiger partial charge in [0.1, 0.15) is 11.5 Å². The summed E-state index contributed by atoms with van der Waals surface area (Å²) in [5, 5.41) is 0.632. The van der Waals surface area contributed by atoms with Crippen LogP contribution < -0.4 is 0 Å². The maximum absolute atomic E-state index is 12.4. The summed E-state index contributed by atoms with van der Waals surface area (Å²) < 4.78 is 1.88. The Labute approximate surface area is 137 Å². The van der Waals surface area contributed by atoms with Gasteiger partial charge < -0.3 is 0 Å². The summed E-state index contributed by atoms with van der Waals surface area (Å²) in [5.74, 6) is -0.418. The predicted octanol–water partition coefficient (Wildman–Crippen LogP) is 3.88. The van der Waals surface area contributed by atoms with Gasteiger partial charge >= 0.3 is 0 Å². The number of nitrogens with zero attached hydrogens (tertiary/aromatic N) is 2. The summed E-state index contributed by atoms with van der Waals surface area (Å²) in [7, 11) is 0. The first-order chi connectivity index (χ1) is 11.1. The maximum Gasteiger partial charge on any atom is 0.254 e. The summed E-state index contributed by atoms with van der Waals surface area (Å²) in [5.41, 5.74) is 2.85. The van der Waals surface area contributed by atoms with Crippen molar-refractivity contribution in [3.63, 3.8) is 0 Å². The van der Waals surface area contributed by atoms with Crippen molar-refractivity contribution in [2.24, 2.45) is 0 Å². The van der Waals surface area contributed by atoms with Crippen molar-refractivity contribution in [2.45, 2.75) is 6.92 Å². The van der Waals surface area contributed by atoms with Gasteiger partial charge in [-0.3, -0.25) is 14.2 Å². The first kappa shape index (κ1) is 13.9. The SMILES string of the molecule is Cc1nc2c(n1-c1ccc(Cl)cc1)-c1ccccc1C(=O)C2=O. The molecular weight excluding hydrogens is 312 g/mol. The minimum Gasteiger partial charge on any atom is -0.296 e. The highest BCUT2D eigenvalue weighted by Gasteiger charge is 2.35.